The average molecular weight is 319 g/mol. The summed E-state index contributed by atoms with van der Waals surface area (Å²) in [7, 11) is 0. The summed E-state index contributed by atoms with van der Waals surface area (Å²) in [6.07, 6.45) is 2.00. The van der Waals surface area contributed by atoms with Crippen LogP contribution >= 0.6 is 0 Å². The summed E-state index contributed by atoms with van der Waals surface area (Å²) in [5, 5.41) is 19.3. The van der Waals surface area contributed by atoms with E-state index in [1.54, 1.807) is 0 Å². The highest BCUT2D eigenvalue weighted by Gasteiger charge is 2.29. The van der Waals surface area contributed by atoms with Crippen molar-refractivity contribution in [1.82, 2.24) is 9.80 Å². The standard InChI is InChI=1S/C18H29N3O2/c22-13-12-19-10-11-21(15-18(23)14-19)17-6-8-20(9-7-17)16-4-2-1-3-5-16/h1-5,17-18,22-23H,6-15H2. The van der Waals surface area contributed by atoms with Gasteiger partial charge in [-0.05, 0) is 25.0 Å². The highest BCUT2D eigenvalue weighted by molar-refractivity contribution is 5.46. The third kappa shape index (κ3) is 4.44. The van der Waals surface area contributed by atoms with Gasteiger partial charge in [0.05, 0.1) is 12.7 Å². The molecule has 1 unspecified atom stereocenters. The van der Waals surface area contributed by atoms with Gasteiger partial charge in [-0.1, -0.05) is 18.2 Å². The van der Waals surface area contributed by atoms with Gasteiger partial charge in [0.15, 0.2) is 0 Å². The van der Waals surface area contributed by atoms with E-state index in [1.807, 2.05) is 0 Å². The quantitative estimate of drug-likeness (QED) is 0.852. The molecule has 0 saturated carbocycles. The number of nitrogens with zero attached hydrogens (tertiary/aromatic N) is 3. The largest absolute Gasteiger partial charge is 0.395 e. The Bertz CT molecular complexity index is 463. The predicted octanol–water partition coefficient (Wildman–Crippen LogP) is 0.626. The molecule has 2 aliphatic heterocycles. The van der Waals surface area contributed by atoms with Crippen LogP contribution in [-0.2, 0) is 0 Å². The Hall–Kier alpha value is -1.14. The van der Waals surface area contributed by atoms with E-state index in [9.17, 15) is 5.11 Å². The molecule has 23 heavy (non-hydrogen) atoms. The van der Waals surface area contributed by atoms with E-state index in [4.69, 9.17) is 5.11 Å². The summed E-state index contributed by atoms with van der Waals surface area (Å²) >= 11 is 0. The van der Waals surface area contributed by atoms with Crippen LogP contribution in [0.2, 0.25) is 0 Å². The molecule has 3 rings (SSSR count). The van der Waals surface area contributed by atoms with E-state index in [0.29, 0.717) is 19.1 Å². The molecule has 2 saturated heterocycles. The maximum absolute atomic E-state index is 10.2. The van der Waals surface area contributed by atoms with Crippen molar-refractivity contribution in [1.29, 1.82) is 0 Å². The van der Waals surface area contributed by atoms with E-state index < -0.39 is 0 Å². The molecule has 2 heterocycles. The van der Waals surface area contributed by atoms with Gasteiger partial charge >= 0.3 is 0 Å². The van der Waals surface area contributed by atoms with Gasteiger partial charge in [0.1, 0.15) is 0 Å². The number of benzene rings is 1. The summed E-state index contributed by atoms with van der Waals surface area (Å²) in [6.45, 7) is 6.38. The van der Waals surface area contributed by atoms with Crippen molar-refractivity contribution in [3.63, 3.8) is 0 Å². The topological polar surface area (TPSA) is 50.2 Å². The fourth-order valence-corrected chi connectivity index (χ4v) is 3.88. The van der Waals surface area contributed by atoms with Crippen LogP contribution in [0.1, 0.15) is 12.8 Å². The van der Waals surface area contributed by atoms with Gasteiger partial charge in [0.2, 0.25) is 0 Å². The summed E-state index contributed by atoms with van der Waals surface area (Å²) in [4.78, 5) is 7.09. The molecule has 0 radical (unpaired) electrons. The number of rotatable bonds is 4. The summed E-state index contributed by atoms with van der Waals surface area (Å²) in [5.74, 6) is 0. The van der Waals surface area contributed by atoms with Crippen LogP contribution < -0.4 is 4.90 Å². The highest BCUT2D eigenvalue weighted by atomic mass is 16.3. The van der Waals surface area contributed by atoms with Gasteiger partial charge in [-0.2, -0.15) is 0 Å². The number of piperidine rings is 1. The Morgan fingerprint density at radius 1 is 0.957 bits per heavy atom. The van der Waals surface area contributed by atoms with Crippen LogP contribution in [-0.4, -0.2) is 84.6 Å². The first-order chi connectivity index (χ1) is 11.3. The van der Waals surface area contributed by atoms with Crippen LogP contribution in [0.3, 0.4) is 0 Å². The minimum absolute atomic E-state index is 0.169. The van der Waals surface area contributed by atoms with Crippen LogP contribution in [0.25, 0.3) is 0 Å². The zero-order chi connectivity index (χ0) is 16.1. The highest BCUT2D eigenvalue weighted by Crippen LogP contribution is 2.23. The van der Waals surface area contributed by atoms with Crippen molar-refractivity contribution < 1.29 is 10.2 Å². The lowest BCUT2D eigenvalue weighted by Crippen LogP contribution is -2.47. The third-order valence-corrected chi connectivity index (χ3v) is 5.14. The SMILES string of the molecule is OCCN1CCN(C2CCN(c3ccccc3)CC2)CC(O)C1. The van der Waals surface area contributed by atoms with Crippen molar-refractivity contribution in [2.75, 3.05) is 57.3 Å². The molecule has 128 valence electrons. The minimum atomic E-state index is -0.309. The van der Waals surface area contributed by atoms with Crippen molar-refractivity contribution in [3.05, 3.63) is 30.3 Å². The van der Waals surface area contributed by atoms with E-state index in [-0.39, 0.29) is 12.7 Å². The van der Waals surface area contributed by atoms with Gasteiger partial charge < -0.3 is 15.1 Å². The van der Waals surface area contributed by atoms with Crippen molar-refractivity contribution in [2.45, 2.75) is 25.0 Å². The smallest absolute Gasteiger partial charge is 0.0793 e. The fraction of sp³-hybridized carbons (Fsp3) is 0.667. The zero-order valence-electron chi connectivity index (χ0n) is 13.8. The van der Waals surface area contributed by atoms with Crippen molar-refractivity contribution in [2.24, 2.45) is 0 Å². The van der Waals surface area contributed by atoms with E-state index >= 15 is 0 Å². The lowest BCUT2D eigenvalue weighted by atomic mass is 10.0. The van der Waals surface area contributed by atoms with E-state index in [2.05, 4.69) is 45.0 Å². The Kier molecular flexibility index (Phi) is 5.89. The second-order valence-corrected chi connectivity index (χ2v) is 6.73. The molecule has 5 nitrogen and oxygen atoms in total. The fourth-order valence-electron chi connectivity index (χ4n) is 3.88. The number of hydrogen-bond donors (Lipinski definition) is 2. The molecule has 2 fully saturated rings. The number of aliphatic hydroxyl groups excluding tert-OH is 2. The molecular weight excluding hydrogens is 290 g/mol. The average Bonchev–Trinajstić information content (AvgIpc) is 2.77. The molecule has 2 N–H and O–H groups in total. The molecule has 0 aromatic heterocycles. The Balaban J connectivity index is 1.53. The number of aliphatic hydroxyl groups is 2. The zero-order valence-corrected chi connectivity index (χ0v) is 13.8. The number of β-amino-alcohol motifs (C(OH)–C–C–N with tert-alkyl or cyclic N) is 2. The second-order valence-electron chi connectivity index (χ2n) is 6.73. The van der Waals surface area contributed by atoms with Gasteiger partial charge in [0, 0.05) is 57.5 Å². The molecule has 1 atom stereocenters. The van der Waals surface area contributed by atoms with Gasteiger partial charge in [0.25, 0.3) is 0 Å². The first-order valence-corrected chi connectivity index (χ1v) is 8.81. The first kappa shape index (κ1) is 16.7. The minimum Gasteiger partial charge on any atom is -0.395 e. The lowest BCUT2D eigenvalue weighted by Gasteiger charge is -2.39. The normalized spacial score (nSPS) is 25.5. The molecule has 2 aliphatic rings. The third-order valence-electron chi connectivity index (χ3n) is 5.14. The van der Waals surface area contributed by atoms with Gasteiger partial charge in [-0.15, -0.1) is 0 Å². The summed E-state index contributed by atoms with van der Waals surface area (Å²) < 4.78 is 0. The lowest BCUT2D eigenvalue weighted by molar-refractivity contribution is 0.0853. The molecule has 1 aromatic rings. The van der Waals surface area contributed by atoms with Gasteiger partial charge in [-0.25, -0.2) is 0 Å². The van der Waals surface area contributed by atoms with E-state index in [1.165, 1.54) is 5.69 Å². The molecule has 1 aromatic carbocycles. The predicted molar refractivity (Wildman–Crippen MR) is 92.8 cm³/mol. The molecule has 0 bridgehead atoms. The van der Waals surface area contributed by atoms with Crippen molar-refractivity contribution in [3.8, 4) is 0 Å². The molecule has 0 spiro atoms. The maximum Gasteiger partial charge on any atom is 0.0793 e. The molecular formula is C18H29N3O2. The maximum atomic E-state index is 10.2. The van der Waals surface area contributed by atoms with Gasteiger partial charge in [-0.3, -0.25) is 9.80 Å². The van der Waals surface area contributed by atoms with Crippen LogP contribution in [0.4, 0.5) is 5.69 Å². The summed E-state index contributed by atoms with van der Waals surface area (Å²) in [6, 6.07) is 11.2. The Morgan fingerprint density at radius 2 is 1.70 bits per heavy atom. The number of anilines is 1. The molecule has 0 aliphatic carbocycles. The Labute approximate surface area is 139 Å². The Morgan fingerprint density at radius 3 is 2.39 bits per heavy atom. The number of para-hydroxylation sites is 1. The first-order valence-electron chi connectivity index (χ1n) is 8.81. The van der Waals surface area contributed by atoms with E-state index in [0.717, 1.165) is 45.6 Å². The van der Waals surface area contributed by atoms with Crippen LogP contribution in [0.5, 0.6) is 0 Å². The number of hydrogen-bond acceptors (Lipinski definition) is 5. The second kappa shape index (κ2) is 8.11. The van der Waals surface area contributed by atoms with Crippen molar-refractivity contribution >= 4 is 5.69 Å². The summed E-state index contributed by atoms with van der Waals surface area (Å²) in [5.41, 5.74) is 1.32. The molecule has 0 amide bonds. The molecule has 5 heteroatoms. The monoisotopic (exact) mass is 319 g/mol. The van der Waals surface area contributed by atoms with Crippen LogP contribution in [0, 0.1) is 0 Å². The van der Waals surface area contributed by atoms with Crippen LogP contribution in [0.15, 0.2) is 30.3 Å².